The number of aromatic nitrogens is 1. The average Bonchev–Trinajstić information content (AvgIpc) is 3.47. The molecule has 35 heavy (non-hydrogen) atoms. The van der Waals surface area contributed by atoms with Crippen molar-refractivity contribution in [2.24, 2.45) is 5.92 Å². The van der Waals surface area contributed by atoms with Gasteiger partial charge in [0.05, 0.1) is 5.69 Å². The van der Waals surface area contributed by atoms with E-state index in [-0.39, 0.29) is 11.8 Å². The molecule has 1 atom stereocenters. The molecule has 2 aromatic heterocycles. The topological polar surface area (TPSA) is 65.5 Å². The van der Waals surface area contributed by atoms with Crippen molar-refractivity contribution in [2.75, 3.05) is 19.6 Å². The summed E-state index contributed by atoms with van der Waals surface area (Å²) in [6.45, 7) is 1.91. The van der Waals surface area contributed by atoms with Gasteiger partial charge in [-0.25, -0.2) is 13.6 Å². The molecule has 2 fully saturated rings. The molecule has 0 spiro atoms. The molecule has 5 rings (SSSR count). The molecule has 182 valence electrons. The van der Waals surface area contributed by atoms with Crippen LogP contribution in [0.15, 0.2) is 60.1 Å². The van der Waals surface area contributed by atoms with E-state index in [1.165, 1.54) is 17.0 Å². The van der Waals surface area contributed by atoms with Crippen LogP contribution in [0.1, 0.15) is 29.0 Å². The molecule has 4 heterocycles. The first-order valence-electron chi connectivity index (χ1n) is 11.7. The predicted octanol–water partition coefficient (Wildman–Crippen LogP) is 4.32. The minimum absolute atomic E-state index is 0.157. The number of carbonyl (C=O) groups excluding carboxylic acids is 2. The summed E-state index contributed by atoms with van der Waals surface area (Å²) < 4.78 is 27.4. The van der Waals surface area contributed by atoms with Crippen molar-refractivity contribution in [3.63, 3.8) is 0 Å². The molecule has 1 N–H and O–H groups in total. The van der Waals surface area contributed by atoms with E-state index in [0.717, 1.165) is 10.9 Å². The number of hydrogen-bond acceptors (Lipinski definition) is 5. The van der Waals surface area contributed by atoms with Gasteiger partial charge in [-0.05, 0) is 67.9 Å². The van der Waals surface area contributed by atoms with Crippen molar-refractivity contribution in [3.8, 4) is 0 Å². The average molecular weight is 497 g/mol. The van der Waals surface area contributed by atoms with Crippen molar-refractivity contribution in [2.45, 2.75) is 31.3 Å². The summed E-state index contributed by atoms with van der Waals surface area (Å²) in [7, 11) is 0. The van der Waals surface area contributed by atoms with E-state index in [2.05, 4.69) is 15.2 Å². The SMILES string of the molecule is O=C1N[C@](c2ccccn2)(C2CCN(Cc3ccc(F)cc3F)CC2)C(=O)N1CCc1cccs1. The Balaban J connectivity index is 1.34. The standard InChI is InChI=1S/C26H26F2N4O2S/c27-20-7-6-18(22(28)16-20)17-31-12-8-19(9-13-31)26(23-5-1-2-11-29-23)24(33)32(25(34)30-26)14-10-21-4-3-15-35-21/h1-7,11,15-16,19H,8-10,12-14,17H2,(H,30,34)/t26-/m0/s1. The van der Waals surface area contributed by atoms with Crippen LogP contribution in [0, 0.1) is 17.6 Å². The molecule has 3 aromatic rings. The number of pyridine rings is 1. The van der Waals surface area contributed by atoms with E-state index >= 15 is 0 Å². The number of amides is 3. The van der Waals surface area contributed by atoms with Crippen LogP contribution in [0.25, 0.3) is 0 Å². The molecule has 6 nitrogen and oxygen atoms in total. The third-order valence-electron chi connectivity index (χ3n) is 6.97. The number of thiophene rings is 1. The maximum absolute atomic E-state index is 14.2. The Bertz CT molecular complexity index is 1200. The number of urea groups is 1. The second kappa shape index (κ2) is 9.83. The molecular formula is C26H26F2N4O2S. The van der Waals surface area contributed by atoms with Gasteiger partial charge in [0.15, 0.2) is 5.54 Å². The van der Waals surface area contributed by atoms with Crippen LogP contribution in [0.3, 0.4) is 0 Å². The fourth-order valence-corrected chi connectivity index (χ4v) is 5.84. The number of piperidine rings is 1. The summed E-state index contributed by atoms with van der Waals surface area (Å²) in [5.74, 6) is -1.58. The number of likely N-dealkylation sites (tertiary alicyclic amines) is 1. The molecule has 3 amide bonds. The second-order valence-corrected chi connectivity index (χ2v) is 10.1. The maximum atomic E-state index is 14.2. The number of benzene rings is 1. The molecule has 2 aliphatic heterocycles. The van der Waals surface area contributed by atoms with E-state index < -0.39 is 23.2 Å². The van der Waals surface area contributed by atoms with Gasteiger partial charge in [0, 0.05) is 35.8 Å². The second-order valence-electron chi connectivity index (χ2n) is 9.03. The first-order valence-corrected chi connectivity index (χ1v) is 12.6. The van der Waals surface area contributed by atoms with Gasteiger partial charge in [-0.2, -0.15) is 0 Å². The zero-order valence-electron chi connectivity index (χ0n) is 19.1. The third kappa shape index (κ3) is 4.58. The van der Waals surface area contributed by atoms with E-state index in [9.17, 15) is 18.4 Å². The van der Waals surface area contributed by atoms with Crippen molar-refractivity contribution >= 4 is 23.3 Å². The number of hydrogen-bond donors (Lipinski definition) is 1. The first-order chi connectivity index (χ1) is 17.0. The molecule has 1 aromatic carbocycles. The van der Waals surface area contributed by atoms with Crippen LogP contribution in [0.5, 0.6) is 0 Å². The van der Waals surface area contributed by atoms with Crippen LogP contribution in [0.2, 0.25) is 0 Å². The van der Waals surface area contributed by atoms with Crippen molar-refractivity contribution in [3.05, 3.63) is 87.9 Å². The summed E-state index contributed by atoms with van der Waals surface area (Å²) in [6.07, 6.45) is 3.50. The molecule has 2 saturated heterocycles. The molecule has 9 heteroatoms. The number of rotatable bonds is 7. The summed E-state index contributed by atoms with van der Waals surface area (Å²) in [5, 5.41) is 5.00. The Kier molecular flexibility index (Phi) is 6.62. The van der Waals surface area contributed by atoms with Gasteiger partial charge < -0.3 is 5.32 Å². The molecule has 2 aliphatic rings. The highest BCUT2D eigenvalue weighted by molar-refractivity contribution is 7.09. The van der Waals surface area contributed by atoms with Gasteiger partial charge in [-0.3, -0.25) is 19.6 Å². The van der Waals surface area contributed by atoms with Gasteiger partial charge in [0.2, 0.25) is 0 Å². The van der Waals surface area contributed by atoms with Crippen molar-refractivity contribution in [1.29, 1.82) is 0 Å². The van der Waals surface area contributed by atoms with Crippen LogP contribution < -0.4 is 5.32 Å². The zero-order valence-corrected chi connectivity index (χ0v) is 19.9. The fraction of sp³-hybridized carbons (Fsp3) is 0.346. The van der Waals surface area contributed by atoms with Gasteiger partial charge in [-0.15, -0.1) is 11.3 Å². The molecular weight excluding hydrogens is 470 g/mol. The number of carbonyl (C=O) groups is 2. The Morgan fingerprint density at radius 3 is 2.60 bits per heavy atom. The lowest BCUT2D eigenvalue weighted by molar-refractivity contribution is -0.134. The molecule has 0 aliphatic carbocycles. The number of halogens is 2. The lowest BCUT2D eigenvalue weighted by Gasteiger charge is -2.40. The number of nitrogens with zero attached hydrogens (tertiary/aromatic N) is 3. The van der Waals surface area contributed by atoms with Gasteiger partial charge in [0.25, 0.3) is 5.91 Å². The highest BCUT2D eigenvalue weighted by Crippen LogP contribution is 2.41. The lowest BCUT2D eigenvalue weighted by Crippen LogP contribution is -2.54. The van der Waals surface area contributed by atoms with E-state index in [0.29, 0.717) is 56.7 Å². The summed E-state index contributed by atoms with van der Waals surface area (Å²) in [5.41, 5.74) is -0.240. The van der Waals surface area contributed by atoms with Gasteiger partial charge in [-0.1, -0.05) is 18.2 Å². The van der Waals surface area contributed by atoms with Crippen molar-refractivity contribution in [1.82, 2.24) is 20.1 Å². The fourth-order valence-electron chi connectivity index (χ4n) is 5.14. The largest absolute Gasteiger partial charge is 0.325 e. The summed E-state index contributed by atoms with van der Waals surface area (Å²) in [6, 6.07) is 12.6. The van der Waals surface area contributed by atoms with Crippen LogP contribution in [-0.2, 0) is 23.3 Å². The Morgan fingerprint density at radius 2 is 1.91 bits per heavy atom. The van der Waals surface area contributed by atoms with Gasteiger partial charge in [0.1, 0.15) is 11.6 Å². The molecule has 0 bridgehead atoms. The quantitative estimate of drug-likeness (QED) is 0.495. The Morgan fingerprint density at radius 1 is 1.09 bits per heavy atom. The molecule has 0 radical (unpaired) electrons. The summed E-state index contributed by atoms with van der Waals surface area (Å²) >= 11 is 1.60. The predicted molar refractivity (Wildman–Crippen MR) is 129 cm³/mol. The van der Waals surface area contributed by atoms with Crippen LogP contribution in [0.4, 0.5) is 13.6 Å². The first kappa shape index (κ1) is 23.6. The summed E-state index contributed by atoms with van der Waals surface area (Å²) in [4.78, 5) is 35.9. The number of nitrogens with one attached hydrogen (secondary N) is 1. The third-order valence-corrected chi connectivity index (χ3v) is 7.91. The molecule has 0 saturated carbocycles. The zero-order chi connectivity index (χ0) is 24.4. The van der Waals surface area contributed by atoms with E-state index in [1.54, 1.807) is 29.7 Å². The maximum Gasteiger partial charge on any atom is 0.325 e. The van der Waals surface area contributed by atoms with Gasteiger partial charge >= 0.3 is 6.03 Å². The number of imide groups is 1. The van der Waals surface area contributed by atoms with Crippen LogP contribution in [-0.4, -0.2) is 46.4 Å². The van der Waals surface area contributed by atoms with Crippen LogP contribution >= 0.6 is 11.3 Å². The normalized spacial score (nSPS) is 21.5. The highest BCUT2D eigenvalue weighted by Gasteiger charge is 2.57. The van der Waals surface area contributed by atoms with Crippen molar-refractivity contribution < 1.29 is 18.4 Å². The Hall–Kier alpha value is -3.17. The Labute approximate surface area is 206 Å². The van der Waals surface area contributed by atoms with E-state index in [4.69, 9.17) is 0 Å². The lowest BCUT2D eigenvalue weighted by atomic mass is 9.75. The monoisotopic (exact) mass is 496 g/mol. The molecule has 0 unspecified atom stereocenters. The minimum atomic E-state index is -1.22. The van der Waals surface area contributed by atoms with E-state index in [1.807, 2.05) is 23.6 Å². The minimum Gasteiger partial charge on any atom is -0.318 e. The highest BCUT2D eigenvalue weighted by atomic mass is 32.1. The smallest absolute Gasteiger partial charge is 0.318 e.